The van der Waals surface area contributed by atoms with E-state index in [-0.39, 0.29) is 18.5 Å². The Morgan fingerprint density at radius 2 is 0.765 bits per heavy atom. The highest BCUT2D eigenvalue weighted by atomic mass is 16.5. The molecule has 0 aromatic heterocycles. The van der Waals surface area contributed by atoms with E-state index in [2.05, 4.69) is 55.6 Å². The molecule has 0 aliphatic carbocycles. The van der Waals surface area contributed by atoms with Gasteiger partial charge in [0.1, 0.15) is 0 Å². The number of carbonyl (C=O) groups excluding carboxylic acids is 2. The van der Waals surface area contributed by atoms with E-state index < -0.39 is 12.1 Å². The van der Waals surface area contributed by atoms with Crippen LogP contribution >= 0.6 is 0 Å². The van der Waals surface area contributed by atoms with Crippen LogP contribution in [0.15, 0.2) is 36.5 Å². The van der Waals surface area contributed by atoms with Gasteiger partial charge >= 0.3 is 5.97 Å². The van der Waals surface area contributed by atoms with E-state index in [1.807, 2.05) is 0 Å². The number of amides is 1. The van der Waals surface area contributed by atoms with Crippen molar-refractivity contribution in [2.75, 3.05) is 13.2 Å². The van der Waals surface area contributed by atoms with E-state index in [9.17, 15) is 19.8 Å². The summed E-state index contributed by atoms with van der Waals surface area (Å²) in [6.45, 7) is 4.88. The maximum atomic E-state index is 12.4. The van der Waals surface area contributed by atoms with Crippen molar-refractivity contribution >= 4 is 11.9 Å². The van der Waals surface area contributed by atoms with Crippen LogP contribution in [0.5, 0.6) is 0 Å². The highest BCUT2D eigenvalue weighted by molar-refractivity contribution is 5.76. The van der Waals surface area contributed by atoms with Crippen LogP contribution in [0, 0.1) is 0 Å². The normalized spacial score (nSPS) is 12.8. The lowest BCUT2D eigenvalue weighted by Gasteiger charge is -2.22. The Hall–Kier alpha value is -1.92. The Morgan fingerprint density at radius 3 is 1.19 bits per heavy atom. The molecular weight excluding hydrogens is 839 g/mol. The molecular formula is C62H117NO5. The first-order chi connectivity index (χ1) is 33.5. The summed E-state index contributed by atoms with van der Waals surface area (Å²) >= 11 is 0. The van der Waals surface area contributed by atoms with Gasteiger partial charge in [-0.05, 0) is 77.0 Å². The van der Waals surface area contributed by atoms with E-state index in [4.69, 9.17) is 4.74 Å². The first kappa shape index (κ1) is 66.1. The molecule has 400 valence electrons. The molecule has 0 spiro atoms. The number of unbranched alkanes of at least 4 members (excludes halogenated alkanes) is 39. The zero-order valence-electron chi connectivity index (χ0n) is 45.6. The third-order valence-electron chi connectivity index (χ3n) is 13.9. The zero-order chi connectivity index (χ0) is 49.3. The number of hydrogen-bond acceptors (Lipinski definition) is 5. The molecule has 0 saturated carbocycles. The van der Waals surface area contributed by atoms with Gasteiger partial charge in [0.15, 0.2) is 0 Å². The average Bonchev–Trinajstić information content (AvgIpc) is 3.34. The standard InChI is InChI=1S/C62H117NO5/c1-3-5-7-9-11-13-15-31-36-40-44-48-52-56-62(67)68-57-53-49-45-41-37-33-30-28-26-24-22-20-18-16-17-19-21-23-25-27-29-32-35-39-43-47-51-55-61(66)63-59(58-64)60(65)54-50-46-42-38-34-14-12-10-8-6-4-2/h7,9,13,15-17,59-60,64-65H,3-6,8,10-12,14,18-58H2,1-2H3,(H,63,66)/b9-7-,15-13-,17-16-. The SMILES string of the molecule is CCC/C=C\C/C=C\CCCCCCCC(=O)OCCCCCCCCCCCCCC/C=C\CCCCCCCCCCCCCC(=O)NC(CO)C(O)CCCCCCCCCCCCC. The van der Waals surface area contributed by atoms with Crippen molar-refractivity contribution in [1.29, 1.82) is 0 Å². The second kappa shape index (κ2) is 57.7. The summed E-state index contributed by atoms with van der Waals surface area (Å²) in [6, 6.07) is -0.541. The molecule has 3 N–H and O–H groups in total. The molecule has 0 aromatic carbocycles. The number of hydrogen-bond donors (Lipinski definition) is 3. The summed E-state index contributed by atoms with van der Waals surface area (Å²) < 4.78 is 5.47. The van der Waals surface area contributed by atoms with Crippen LogP contribution in [0.2, 0.25) is 0 Å². The largest absolute Gasteiger partial charge is 0.466 e. The maximum absolute atomic E-state index is 12.4. The number of esters is 1. The molecule has 0 fully saturated rings. The quantitative estimate of drug-likeness (QED) is 0.0321. The number of carbonyl (C=O) groups is 2. The van der Waals surface area contributed by atoms with E-state index in [0.29, 0.717) is 25.9 Å². The van der Waals surface area contributed by atoms with Crippen LogP contribution in [0.3, 0.4) is 0 Å². The topological polar surface area (TPSA) is 95.9 Å². The highest BCUT2D eigenvalue weighted by Crippen LogP contribution is 2.17. The smallest absolute Gasteiger partial charge is 0.305 e. The molecule has 0 saturated heterocycles. The first-order valence-corrected chi connectivity index (χ1v) is 30.2. The Morgan fingerprint density at radius 1 is 0.412 bits per heavy atom. The fourth-order valence-corrected chi connectivity index (χ4v) is 9.26. The molecule has 6 heteroatoms. The van der Waals surface area contributed by atoms with Gasteiger partial charge in [0.25, 0.3) is 0 Å². The van der Waals surface area contributed by atoms with Gasteiger partial charge in [-0.2, -0.15) is 0 Å². The zero-order valence-corrected chi connectivity index (χ0v) is 45.6. The van der Waals surface area contributed by atoms with Gasteiger partial charge < -0.3 is 20.3 Å². The fourth-order valence-electron chi connectivity index (χ4n) is 9.26. The van der Waals surface area contributed by atoms with Crippen molar-refractivity contribution in [1.82, 2.24) is 5.32 Å². The number of allylic oxidation sites excluding steroid dienone is 6. The van der Waals surface area contributed by atoms with Crippen molar-refractivity contribution < 1.29 is 24.5 Å². The molecule has 2 atom stereocenters. The monoisotopic (exact) mass is 956 g/mol. The number of nitrogens with one attached hydrogen (secondary N) is 1. The van der Waals surface area contributed by atoms with Gasteiger partial charge in [-0.3, -0.25) is 9.59 Å². The van der Waals surface area contributed by atoms with E-state index in [1.165, 1.54) is 238 Å². The molecule has 0 heterocycles. The summed E-state index contributed by atoms with van der Waals surface area (Å²) in [5, 5.41) is 23.2. The fraction of sp³-hybridized carbons (Fsp3) is 0.871. The first-order valence-electron chi connectivity index (χ1n) is 30.2. The van der Waals surface area contributed by atoms with Crippen molar-refractivity contribution in [3.8, 4) is 0 Å². The molecule has 0 aromatic rings. The van der Waals surface area contributed by atoms with Gasteiger partial charge in [0.05, 0.1) is 25.4 Å². The summed E-state index contributed by atoms with van der Waals surface area (Å²) in [5.74, 6) is -0.0370. The summed E-state index contributed by atoms with van der Waals surface area (Å²) in [4.78, 5) is 24.5. The Kier molecular flexibility index (Phi) is 56.0. The third-order valence-corrected chi connectivity index (χ3v) is 13.9. The predicted octanol–water partition coefficient (Wildman–Crippen LogP) is 18.8. The van der Waals surface area contributed by atoms with Crippen molar-refractivity contribution in [2.45, 2.75) is 334 Å². The highest BCUT2D eigenvalue weighted by Gasteiger charge is 2.20. The minimum absolute atomic E-state index is 0.000519. The minimum Gasteiger partial charge on any atom is -0.466 e. The summed E-state index contributed by atoms with van der Waals surface area (Å²) in [6.07, 6.45) is 71.6. The lowest BCUT2D eigenvalue weighted by atomic mass is 10.0. The Labute approximate surface area is 424 Å². The van der Waals surface area contributed by atoms with Gasteiger partial charge in [-0.25, -0.2) is 0 Å². The summed E-state index contributed by atoms with van der Waals surface area (Å²) in [5.41, 5.74) is 0. The molecule has 1 amide bonds. The van der Waals surface area contributed by atoms with E-state index in [0.717, 1.165) is 51.4 Å². The van der Waals surface area contributed by atoms with Gasteiger partial charge in [0.2, 0.25) is 5.91 Å². The summed E-state index contributed by atoms with van der Waals surface area (Å²) in [7, 11) is 0. The van der Waals surface area contributed by atoms with Crippen LogP contribution in [-0.2, 0) is 14.3 Å². The van der Waals surface area contributed by atoms with E-state index >= 15 is 0 Å². The number of aliphatic hydroxyl groups excluding tert-OH is 2. The van der Waals surface area contributed by atoms with E-state index in [1.54, 1.807) is 0 Å². The molecule has 2 unspecified atom stereocenters. The van der Waals surface area contributed by atoms with Gasteiger partial charge in [-0.1, -0.05) is 269 Å². The van der Waals surface area contributed by atoms with Crippen molar-refractivity contribution in [2.24, 2.45) is 0 Å². The Balaban J connectivity index is 3.37. The number of aliphatic hydroxyl groups is 2. The lowest BCUT2D eigenvalue weighted by Crippen LogP contribution is -2.45. The maximum Gasteiger partial charge on any atom is 0.305 e. The predicted molar refractivity (Wildman–Crippen MR) is 296 cm³/mol. The Bertz CT molecular complexity index is 1100. The van der Waals surface area contributed by atoms with Crippen LogP contribution in [0.4, 0.5) is 0 Å². The van der Waals surface area contributed by atoms with Crippen molar-refractivity contribution in [3.05, 3.63) is 36.5 Å². The van der Waals surface area contributed by atoms with Crippen LogP contribution in [0.1, 0.15) is 322 Å². The number of ether oxygens (including phenoxy) is 1. The molecule has 0 bridgehead atoms. The van der Waals surface area contributed by atoms with Crippen LogP contribution in [-0.4, -0.2) is 47.4 Å². The second-order valence-corrected chi connectivity index (χ2v) is 20.7. The average molecular weight is 957 g/mol. The minimum atomic E-state index is -0.663. The third kappa shape index (κ3) is 53.4. The van der Waals surface area contributed by atoms with Gasteiger partial charge in [0, 0.05) is 12.8 Å². The molecule has 0 aliphatic heterocycles. The van der Waals surface area contributed by atoms with Gasteiger partial charge in [-0.15, -0.1) is 0 Å². The van der Waals surface area contributed by atoms with Crippen LogP contribution in [0.25, 0.3) is 0 Å². The lowest BCUT2D eigenvalue weighted by molar-refractivity contribution is -0.143. The second-order valence-electron chi connectivity index (χ2n) is 20.7. The molecule has 68 heavy (non-hydrogen) atoms. The number of rotatable bonds is 56. The molecule has 6 nitrogen and oxygen atoms in total. The molecule has 0 rings (SSSR count). The molecule has 0 aliphatic rings. The molecule has 0 radical (unpaired) electrons. The van der Waals surface area contributed by atoms with Crippen LogP contribution < -0.4 is 5.32 Å². The van der Waals surface area contributed by atoms with Crippen molar-refractivity contribution in [3.63, 3.8) is 0 Å².